The summed E-state index contributed by atoms with van der Waals surface area (Å²) in [5.74, 6) is 0.721. The van der Waals surface area contributed by atoms with Crippen molar-refractivity contribution in [3.63, 3.8) is 0 Å². The van der Waals surface area contributed by atoms with Crippen molar-refractivity contribution in [2.24, 2.45) is 5.41 Å². The number of aryl methyl sites for hydroxylation is 1. The molecule has 2 aromatic carbocycles. The number of imidazole rings is 1. The highest BCUT2D eigenvalue weighted by Crippen LogP contribution is 2.34. The van der Waals surface area contributed by atoms with Crippen molar-refractivity contribution >= 4 is 40.3 Å². The second-order valence-electron chi connectivity index (χ2n) is 9.71. The summed E-state index contributed by atoms with van der Waals surface area (Å²) in [4.78, 5) is 23.5. The van der Waals surface area contributed by atoms with Gasteiger partial charge in [0.2, 0.25) is 0 Å². The number of hydrogen-bond donors (Lipinski definition) is 2. The summed E-state index contributed by atoms with van der Waals surface area (Å²) >= 11 is 7.87. The summed E-state index contributed by atoms with van der Waals surface area (Å²) in [5.41, 5.74) is 5.88. The summed E-state index contributed by atoms with van der Waals surface area (Å²) < 4.78 is 0. The molecule has 2 heterocycles. The number of nitrogens with zero attached hydrogens (tertiary/aromatic N) is 2. The molecule has 0 aliphatic rings. The van der Waals surface area contributed by atoms with E-state index in [-0.39, 0.29) is 16.9 Å². The summed E-state index contributed by atoms with van der Waals surface area (Å²) in [5, 5.41) is 11.8. The van der Waals surface area contributed by atoms with Crippen molar-refractivity contribution in [3.05, 3.63) is 59.1 Å². The number of rotatable bonds is 7. The predicted molar refractivity (Wildman–Crippen MR) is 141 cm³/mol. The molecule has 34 heavy (non-hydrogen) atoms. The van der Waals surface area contributed by atoms with Crippen LogP contribution in [0.3, 0.4) is 0 Å². The molecule has 0 aliphatic heterocycles. The first kappa shape index (κ1) is 24.3. The third kappa shape index (κ3) is 5.80. The van der Waals surface area contributed by atoms with E-state index in [0.717, 1.165) is 40.6 Å². The minimum atomic E-state index is 0.0859. The number of thioether (sulfide) groups is 1. The van der Waals surface area contributed by atoms with E-state index in [1.54, 1.807) is 13.0 Å². The van der Waals surface area contributed by atoms with Crippen molar-refractivity contribution in [3.8, 4) is 28.1 Å². The van der Waals surface area contributed by atoms with E-state index in [1.165, 1.54) is 11.8 Å². The number of benzene rings is 2. The second-order valence-corrected chi connectivity index (χ2v) is 11.1. The van der Waals surface area contributed by atoms with Crippen molar-refractivity contribution in [2.45, 2.75) is 45.7 Å². The van der Waals surface area contributed by atoms with Gasteiger partial charge in [0.1, 0.15) is 11.5 Å². The molecule has 0 bridgehead atoms. The Hall–Kier alpha value is -2.83. The van der Waals surface area contributed by atoms with Gasteiger partial charge in [-0.15, -0.1) is 0 Å². The van der Waals surface area contributed by atoms with E-state index >= 15 is 0 Å². The molecule has 0 fully saturated rings. The Morgan fingerprint density at radius 1 is 1.06 bits per heavy atom. The van der Waals surface area contributed by atoms with Crippen LogP contribution < -0.4 is 0 Å². The molecular weight excluding hydrogens is 466 g/mol. The number of aromatic amines is 1. The number of fused-ring (bicyclic) bond motifs is 1. The SMILES string of the molecule is CC(=O)CSc1nc2nc(-c3ccc(-c4ccc(CCC(C)(C)C)cc4O)cc3)c(Cl)cc2[nH]1. The van der Waals surface area contributed by atoms with Crippen LogP contribution in [-0.2, 0) is 11.2 Å². The first-order valence-corrected chi connectivity index (χ1v) is 12.6. The Bertz CT molecular complexity index is 1340. The maximum atomic E-state index is 11.2. The zero-order valence-electron chi connectivity index (χ0n) is 19.8. The van der Waals surface area contributed by atoms with Gasteiger partial charge in [-0.25, -0.2) is 9.97 Å². The van der Waals surface area contributed by atoms with Gasteiger partial charge in [-0.2, -0.15) is 0 Å². The minimum absolute atomic E-state index is 0.0859. The van der Waals surface area contributed by atoms with Crippen molar-refractivity contribution in [1.29, 1.82) is 0 Å². The molecule has 0 atom stereocenters. The highest BCUT2D eigenvalue weighted by atomic mass is 35.5. The lowest BCUT2D eigenvalue weighted by Gasteiger charge is -2.18. The van der Waals surface area contributed by atoms with Gasteiger partial charge in [-0.1, -0.05) is 80.5 Å². The number of aromatic hydroxyl groups is 1. The molecule has 4 aromatic rings. The Balaban J connectivity index is 1.56. The van der Waals surface area contributed by atoms with Gasteiger partial charge in [0.25, 0.3) is 0 Å². The average molecular weight is 494 g/mol. The maximum absolute atomic E-state index is 11.2. The van der Waals surface area contributed by atoms with Crippen molar-refractivity contribution in [2.75, 3.05) is 5.75 Å². The number of carbonyl (C=O) groups excluding carboxylic acids is 1. The van der Waals surface area contributed by atoms with Crippen LogP contribution in [0.4, 0.5) is 0 Å². The first-order valence-electron chi connectivity index (χ1n) is 11.2. The summed E-state index contributed by atoms with van der Waals surface area (Å²) in [6.07, 6.45) is 2.00. The van der Waals surface area contributed by atoms with Crippen LogP contribution >= 0.6 is 23.4 Å². The topological polar surface area (TPSA) is 78.9 Å². The average Bonchev–Trinajstić information content (AvgIpc) is 3.17. The fraction of sp³-hybridized carbons (Fsp3) is 0.296. The quantitative estimate of drug-likeness (QED) is 0.264. The Labute approximate surface area is 209 Å². The second kappa shape index (κ2) is 9.80. The third-order valence-corrected chi connectivity index (χ3v) is 6.82. The van der Waals surface area contributed by atoms with Crippen LogP contribution in [0.1, 0.15) is 39.7 Å². The van der Waals surface area contributed by atoms with Gasteiger partial charge in [0.15, 0.2) is 10.8 Å². The fourth-order valence-corrected chi connectivity index (χ4v) is 4.57. The smallest absolute Gasteiger partial charge is 0.179 e. The molecule has 4 rings (SSSR count). The summed E-state index contributed by atoms with van der Waals surface area (Å²) in [7, 11) is 0. The van der Waals surface area contributed by atoms with Gasteiger partial charge in [0.05, 0.1) is 22.0 Å². The lowest BCUT2D eigenvalue weighted by atomic mass is 9.88. The molecule has 0 unspecified atom stereocenters. The highest BCUT2D eigenvalue weighted by molar-refractivity contribution is 7.99. The van der Waals surface area contributed by atoms with E-state index in [9.17, 15) is 9.90 Å². The van der Waals surface area contributed by atoms with Crippen molar-refractivity contribution < 1.29 is 9.90 Å². The number of halogens is 1. The third-order valence-electron chi connectivity index (χ3n) is 5.51. The molecular formula is C27H28ClN3O2S. The molecule has 2 N–H and O–H groups in total. The summed E-state index contributed by atoms with van der Waals surface area (Å²) in [6.45, 7) is 8.22. The maximum Gasteiger partial charge on any atom is 0.179 e. The molecule has 0 saturated heterocycles. The zero-order valence-corrected chi connectivity index (χ0v) is 21.3. The molecule has 176 valence electrons. The van der Waals surface area contributed by atoms with E-state index < -0.39 is 0 Å². The number of H-pyrrole nitrogens is 1. The van der Waals surface area contributed by atoms with Crippen LogP contribution in [0.15, 0.2) is 53.7 Å². The lowest BCUT2D eigenvalue weighted by Crippen LogP contribution is -2.06. The number of nitrogens with one attached hydrogen (secondary N) is 1. The van der Waals surface area contributed by atoms with Crippen LogP contribution in [0.25, 0.3) is 33.5 Å². The number of phenols is 1. The monoisotopic (exact) mass is 493 g/mol. The molecule has 2 aromatic heterocycles. The summed E-state index contributed by atoms with van der Waals surface area (Å²) in [6, 6.07) is 15.5. The predicted octanol–water partition coefficient (Wildman–Crippen LogP) is 7.31. The van der Waals surface area contributed by atoms with Crippen molar-refractivity contribution in [1.82, 2.24) is 15.0 Å². The number of pyridine rings is 1. The van der Waals surface area contributed by atoms with Gasteiger partial charge in [-0.3, -0.25) is 4.79 Å². The number of Topliss-reactive ketones (excluding diaryl/α,β-unsaturated/α-hetero) is 1. The molecule has 0 aliphatic carbocycles. The van der Waals surface area contributed by atoms with E-state index in [1.807, 2.05) is 36.4 Å². The number of phenolic OH excluding ortho intramolecular Hbond substituents is 1. The standard InChI is InChI=1S/C27H28ClN3O2S/c1-16(32)15-34-26-29-22-14-21(28)24(30-25(22)31-26)19-8-6-18(7-9-19)20-10-5-17(13-23(20)33)11-12-27(2,3)4/h5-10,13-14,33H,11-12,15H2,1-4H3,(H,29,30,31). The Kier molecular flexibility index (Phi) is 7.01. The first-order chi connectivity index (χ1) is 16.1. The number of carbonyl (C=O) groups is 1. The highest BCUT2D eigenvalue weighted by Gasteiger charge is 2.14. The van der Waals surface area contributed by atoms with E-state index in [2.05, 4.69) is 41.8 Å². The van der Waals surface area contributed by atoms with Gasteiger partial charge in [-0.05, 0) is 48.4 Å². The number of aromatic nitrogens is 3. The Morgan fingerprint density at radius 3 is 2.41 bits per heavy atom. The van der Waals surface area contributed by atoms with Gasteiger partial charge < -0.3 is 10.1 Å². The normalized spacial score (nSPS) is 11.8. The lowest BCUT2D eigenvalue weighted by molar-refractivity contribution is -0.114. The molecule has 7 heteroatoms. The molecule has 0 saturated carbocycles. The molecule has 5 nitrogen and oxygen atoms in total. The number of hydrogen-bond acceptors (Lipinski definition) is 5. The van der Waals surface area contributed by atoms with Crippen LogP contribution in [0.5, 0.6) is 5.75 Å². The Morgan fingerprint density at radius 2 is 1.76 bits per heavy atom. The molecule has 0 amide bonds. The van der Waals surface area contributed by atoms with Gasteiger partial charge in [0, 0.05) is 11.1 Å². The van der Waals surface area contributed by atoms with Crippen LogP contribution in [0, 0.1) is 5.41 Å². The molecule has 0 spiro atoms. The van der Waals surface area contributed by atoms with E-state index in [4.69, 9.17) is 11.6 Å². The zero-order chi connectivity index (χ0) is 24.5. The molecule has 0 radical (unpaired) electrons. The van der Waals surface area contributed by atoms with Crippen LogP contribution in [-0.4, -0.2) is 31.6 Å². The minimum Gasteiger partial charge on any atom is -0.507 e. The number of ketones is 1. The largest absolute Gasteiger partial charge is 0.507 e. The van der Waals surface area contributed by atoms with Gasteiger partial charge >= 0.3 is 0 Å². The van der Waals surface area contributed by atoms with E-state index in [0.29, 0.717) is 27.3 Å². The van der Waals surface area contributed by atoms with Crippen LogP contribution in [0.2, 0.25) is 5.02 Å². The fourth-order valence-electron chi connectivity index (χ4n) is 3.64.